The maximum absolute atomic E-state index is 11.1. The van der Waals surface area contributed by atoms with Gasteiger partial charge < -0.3 is 14.6 Å². The van der Waals surface area contributed by atoms with Crippen molar-refractivity contribution in [2.24, 2.45) is 0 Å². The lowest BCUT2D eigenvalue weighted by Crippen LogP contribution is -2.31. The van der Waals surface area contributed by atoms with E-state index in [1.807, 2.05) is 0 Å². The minimum atomic E-state index is -3.25. The molecule has 0 aliphatic rings. The third-order valence-corrected chi connectivity index (χ3v) is 2.71. The molecule has 0 fully saturated rings. The zero-order chi connectivity index (χ0) is 10.9. The number of hydrogen-bond acceptors (Lipinski definition) is 5. The molecule has 0 aliphatic heterocycles. The minimum Gasteiger partial charge on any atom is -0.394 e. The van der Waals surface area contributed by atoms with Crippen LogP contribution in [0.25, 0.3) is 0 Å². The van der Waals surface area contributed by atoms with Crippen molar-refractivity contribution in [3.05, 3.63) is 0 Å². The highest BCUT2D eigenvalue weighted by Crippen LogP contribution is 1.84. The van der Waals surface area contributed by atoms with Gasteiger partial charge in [0.1, 0.15) is 0 Å². The van der Waals surface area contributed by atoms with Gasteiger partial charge in [0.05, 0.1) is 32.2 Å². The van der Waals surface area contributed by atoms with Crippen LogP contribution in [0.5, 0.6) is 0 Å². The summed E-state index contributed by atoms with van der Waals surface area (Å²) in [5.74, 6) is -0.0521. The fraction of sp³-hybridized carbons (Fsp3) is 1.00. The Balaban J connectivity index is 3.46. The molecule has 0 atom stereocenters. The van der Waals surface area contributed by atoms with E-state index in [1.54, 1.807) is 0 Å². The quantitative estimate of drug-likeness (QED) is 0.471. The van der Waals surface area contributed by atoms with Crippen LogP contribution in [0, 0.1) is 0 Å². The molecule has 14 heavy (non-hydrogen) atoms. The molecule has 2 N–H and O–H groups in total. The predicted molar refractivity (Wildman–Crippen MR) is 51.6 cm³/mol. The van der Waals surface area contributed by atoms with Crippen molar-refractivity contribution in [2.75, 3.05) is 45.8 Å². The number of aliphatic hydroxyl groups excluding tert-OH is 1. The lowest BCUT2D eigenvalue weighted by Gasteiger charge is -2.06. The van der Waals surface area contributed by atoms with Crippen LogP contribution < -0.4 is 4.72 Å². The number of hydrogen-bond donors (Lipinski definition) is 2. The van der Waals surface area contributed by atoms with Crippen molar-refractivity contribution in [3.8, 4) is 0 Å². The zero-order valence-corrected chi connectivity index (χ0v) is 9.05. The Bertz CT molecular complexity index is 216. The molecule has 0 unspecified atom stereocenters. The van der Waals surface area contributed by atoms with Crippen LogP contribution in [-0.4, -0.2) is 59.4 Å². The summed E-state index contributed by atoms with van der Waals surface area (Å²) in [5.41, 5.74) is 0. The Morgan fingerprint density at radius 1 is 1.29 bits per heavy atom. The fourth-order valence-electron chi connectivity index (χ4n) is 0.701. The van der Waals surface area contributed by atoms with Crippen molar-refractivity contribution in [1.29, 1.82) is 0 Å². The van der Waals surface area contributed by atoms with Gasteiger partial charge in [0.25, 0.3) is 0 Å². The third kappa shape index (κ3) is 8.39. The Hall–Kier alpha value is -0.210. The average Bonchev–Trinajstić information content (AvgIpc) is 2.15. The first kappa shape index (κ1) is 13.8. The molecular formula is C7H17NO5S. The zero-order valence-electron chi connectivity index (χ0n) is 8.23. The second kappa shape index (κ2) is 8.13. The van der Waals surface area contributed by atoms with E-state index in [2.05, 4.69) is 9.46 Å². The number of aliphatic hydroxyl groups is 1. The molecule has 0 saturated heterocycles. The maximum atomic E-state index is 11.1. The van der Waals surface area contributed by atoms with Gasteiger partial charge in [0.15, 0.2) is 0 Å². The van der Waals surface area contributed by atoms with Gasteiger partial charge in [0.2, 0.25) is 10.0 Å². The molecule has 0 aliphatic carbocycles. The summed E-state index contributed by atoms with van der Waals surface area (Å²) in [6.45, 7) is 0.807. The second-order valence-corrected chi connectivity index (χ2v) is 4.47. The highest BCUT2D eigenvalue weighted by molar-refractivity contribution is 7.89. The summed E-state index contributed by atoms with van der Waals surface area (Å²) in [5, 5.41) is 8.36. The van der Waals surface area contributed by atoms with E-state index in [4.69, 9.17) is 9.84 Å². The number of rotatable bonds is 9. The third-order valence-electron chi connectivity index (χ3n) is 1.36. The molecule has 0 aromatic heterocycles. The summed E-state index contributed by atoms with van der Waals surface area (Å²) in [6, 6.07) is 0. The molecule has 0 spiro atoms. The summed E-state index contributed by atoms with van der Waals surface area (Å²) in [7, 11) is -1.80. The number of nitrogens with one attached hydrogen (secondary N) is 1. The number of methoxy groups -OCH3 is 1. The van der Waals surface area contributed by atoms with E-state index in [0.29, 0.717) is 0 Å². The molecule has 0 rings (SSSR count). The number of sulfonamides is 1. The highest BCUT2D eigenvalue weighted by atomic mass is 32.2. The van der Waals surface area contributed by atoms with Crippen LogP contribution in [0.3, 0.4) is 0 Å². The molecule has 0 heterocycles. The summed E-state index contributed by atoms with van der Waals surface area (Å²) in [6.07, 6.45) is 0. The van der Waals surface area contributed by atoms with Crippen LogP contribution in [0.15, 0.2) is 0 Å². The van der Waals surface area contributed by atoms with Gasteiger partial charge in [0, 0.05) is 13.7 Å². The van der Waals surface area contributed by atoms with Gasteiger partial charge in [-0.1, -0.05) is 0 Å². The highest BCUT2D eigenvalue weighted by Gasteiger charge is 2.07. The van der Waals surface area contributed by atoms with Gasteiger partial charge in [-0.2, -0.15) is 0 Å². The van der Waals surface area contributed by atoms with Crippen LogP contribution >= 0.6 is 0 Å². The Morgan fingerprint density at radius 3 is 2.57 bits per heavy atom. The van der Waals surface area contributed by atoms with Gasteiger partial charge >= 0.3 is 0 Å². The summed E-state index contributed by atoms with van der Waals surface area (Å²) < 4.78 is 34.1. The van der Waals surface area contributed by atoms with Crippen LogP contribution in [0.4, 0.5) is 0 Å². The Morgan fingerprint density at radius 2 is 2.00 bits per heavy atom. The first-order valence-electron chi connectivity index (χ1n) is 4.27. The number of ether oxygens (including phenoxy) is 2. The first-order valence-corrected chi connectivity index (χ1v) is 5.92. The summed E-state index contributed by atoms with van der Waals surface area (Å²) >= 11 is 0. The van der Waals surface area contributed by atoms with Crippen molar-refractivity contribution in [2.45, 2.75) is 0 Å². The molecular weight excluding hydrogens is 210 g/mol. The predicted octanol–water partition coefficient (Wildman–Crippen LogP) is -1.44. The first-order chi connectivity index (χ1) is 6.62. The average molecular weight is 227 g/mol. The van der Waals surface area contributed by atoms with Gasteiger partial charge in [-0.25, -0.2) is 13.1 Å². The van der Waals surface area contributed by atoms with Crippen molar-refractivity contribution >= 4 is 10.0 Å². The monoisotopic (exact) mass is 227 g/mol. The van der Waals surface area contributed by atoms with Crippen molar-refractivity contribution in [1.82, 2.24) is 4.72 Å². The lowest BCUT2D eigenvalue weighted by atomic mass is 10.7. The fourth-order valence-corrected chi connectivity index (χ4v) is 1.63. The van der Waals surface area contributed by atoms with E-state index in [0.717, 1.165) is 0 Å². The van der Waals surface area contributed by atoms with Crippen LogP contribution in [0.2, 0.25) is 0 Å². The van der Waals surface area contributed by atoms with E-state index >= 15 is 0 Å². The van der Waals surface area contributed by atoms with E-state index < -0.39 is 10.0 Å². The van der Waals surface area contributed by atoms with Gasteiger partial charge in [-0.3, -0.25) is 0 Å². The Kier molecular flexibility index (Phi) is 8.01. The molecule has 86 valence electrons. The van der Waals surface area contributed by atoms with Gasteiger partial charge in [-0.15, -0.1) is 0 Å². The second-order valence-electron chi connectivity index (χ2n) is 2.54. The largest absolute Gasteiger partial charge is 0.394 e. The van der Waals surface area contributed by atoms with E-state index in [1.165, 1.54) is 7.11 Å². The normalized spacial score (nSPS) is 11.9. The molecule has 6 nitrogen and oxygen atoms in total. The minimum absolute atomic E-state index is 0.0521. The SMILES string of the molecule is COCCS(=O)(=O)NCCOCCO. The lowest BCUT2D eigenvalue weighted by molar-refractivity contribution is 0.0961. The van der Waals surface area contributed by atoms with Crippen LogP contribution in [-0.2, 0) is 19.5 Å². The van der Waals surface area contributed by atoms with Gasteiger partial charge in [-0.05, 0) is 0 Å². The molecule has 0 bridgehead atoms. The van der Waals surface area contributed by atoms with Crippen molar-refractivity contribution in [3.63, 3.8) is 0 Å². The molecule has 0 amide bonds. The molecule has 0 radical (unpaired) electrons. The maximum Gasteiger partial charge on any atom is 0.213 e. The van der Waals surface area contributed by atoms with Crippen molar-refractivity contribution < 1.29 is 23.0 Å². The molecule has 0 aromatic rings. The molecule has 0 aromatic carbocycles. The Labute approximate surface area is 84.3 Å². The summed E-state index contributed by atoms with van der Waals surface area (Å²) in [4.78, 5) is 0. The standard InChI is InChI=1S/C7H17NO5S/c1-12-6-7-14(10,11)8-2-4-13-5-3-9/h8-9H,2-7H2,1H3. The van der Waals surface area contributed by atoms with E-state index in [9.17, 15) is 8.42 Å². The topological polar surface area (TPSA) is 84.9 Å². The van der Waals surface area contributed by atoms with E-state index in [-0.39, 0.29) is 38.7 Å². The van der Waals surface area contributed by atoms with Crippen LogP contribution in [0.1, 0.15) is 0 Å². The molecule has 0 saturated carbocycles. The smallest absolute Gasteiger partial charge is 0.213 e. The molecule has 7 heteroatoms.